The number of amides is 2. The molecule has 0 saturated heterocycles. The molecule has 0 unspecified atom stereocenters. The lowest BCUT2D eigenvalue weighted by atomic mass is 9.93. The summed E-state index contributed by atoms with van der Waals surface area (Å²) in [5.41, 5.74) is 1.59. The summed E-state index contributed by atoms with van der Waals surface area (Å²) in [5, 5.41) is 8.09. The summed E-state index contributed by atoms with van der Waals surface area (Å²) in [6.07, 6.45) is 0. The molecule has 2 N–H and O–H groups in total. The van der Waals surface area contributed by atoms with Gasteiger partial charge in [0.2, 0.25) is 11.8 Å². The van der Waals surface area contributed by atoms with Gasteiger partial charge in [0.1, 0.15) is 5.75 Å². The molecule has 1 heterocycles. The highest BCUT2D eigenvalue weighted by Gasteiger charge is 2.18. The summed E-state index contributed by atoms with van der Waals surface area (Å²) in [6.45, 7) is 6.22. The lowest BCUT2D eigenvalue weighted by molar-refractivity contribution is -0.114. The first-order valence-corrected chi connectivity index (χ1v) is 10.1. The summed E-state index contributed by atoms with van der Waals surface area (Å²) in [7, 11) is 1.59. The van der Waals surface area contributed by atoms with E-state index in [-0.39, 0.29) is 28.7 Å². The second-order valence-electron chi connectivity index (χ2n) is 6.61. The van der Waals surface area contributed by atoms with E-state index in [0.717, 1.165) is 11.4 Å². The van der Waals surface area contributed by atoms with E-state index < -0.39 is 0 Å². The molecule has 1 aromatic carbocycles. The minimum Gasteiger partial charge on any atom is -0.497 e. The van der Waals surface area contributed by atoms with Gasteiger partial charge in [0.15, 0.2) is 5.13 Å². The maximum absolute atomic E-state index is 12.0. The molecule has 8 heteroatoms. The van der Waals surface area contributed by atoms with Crippen molar-refractivity contribution in [1.29, 1.82) is 0 Å². The number of ether oxygens (including phenoxy) is 1. The number of carbonyl (C=O) groups excluding carboxylic acids is 2. The summed E-state index contributed by atoms with van der Waals surface area (Å²) in [4.78, 5) is 28.3. The zero-order chi connectivity index (χ0) is 19.2. The van der Waals surface area contributed by atoms with Crippen LogP contribution >= 0.6 is 23.1 Å². The smallest absolute Gasteiger partial charge is 0.236 e. The molecule has 140 valence electrons. The van der Waals surface area contributed by atoms with Gasteiger partial charge in [-0.25, -0.2) is 4.98 Å². The van der Waals surface area contributed by atoms with Crippen LogP contribution in [0.3, 0.4) is 0 Å². The fourth-order valence-electron chi connectivity index (χ4n) is 1.94. The van der Waals surface area contributed by atoms with E-state index in [1.165, 1.54) is 23.1 Å². The van der Waals surface area contributed by atoms with Crippen LogP contribution in [0.5, 0.6) is 5.75 Å². The van der Waals surface area contributed by atoms with Crippen molar-refractivity contribution in [2.75, 3.05) is 29.2 Å². The highest BCUT2D eigenvalue weighted by atomic mass is 32.2. The van der Waals surface area contributed by atoms with E-state index in [4.69, 9.17) is 4.74 Å². The maximum Gasteiger partial charge on any atom is 0.236 e. The number of thioether (sulfide) groups is 1. The second-order valence-corrected chi connectivity index (χ2v) is 8.45. The fourth-order valence-corrected chi connectivity index (χ4v) is 3.51. The van der Waals surface area contributed by atoms with Gasteiger partial charge in [0.05, 0.1) is 24.3 Å². The van der Waals surface area contributed by atoms with Crippen molar-refractivity contribution in [1.82, 2.24) is 4.98 Å². The van der Waals surface area contributed by atoms with Crippen LogP contribution in [0.25, 0.3) is 0 Å². The van der Waals surface area contributed by atoms with Gasteiger partial charge in [-0.05, 0) is 24.3 Å². The monoisotopic (exact) mass is 393 g/mol. The van der Waals surface area contributed by atoms with E-state index in [0.29, 0.717) is 10.8 Å². The first-order chi connectivity index (χ1) is 12.3. The average molecular weight is 394 g/mol. The second kappa shape index (κ2) is 9.05. The predicted octanol–water partition coefficient (Wildman–Crippen LogP) is 3.76. The molecule has 1 aromatic heterocycles. The molecule has 0 atom stereocenters. The molecule has 0 spiro atoms. The Balaban J connectivity index is 1.72. The maximum atomic E-state index is 12.0. The Kier molecular flexibility index (Phi) is 7.05. The van der Waals surface area contributed by atoms with Crippen LogP contribution in [-0.2, 0) is 15.0 Å². The zero-order valence-corrected chi connectivity index (χ0v) is 16.9. The number of methoxy groups -OCH3 is 1. The number of thiazole rings is 1. The number of aromatic nitrogens is 1. The highest BCUT2D eigenvalue weighted by Crippen LogP contribution is 2.26. The van der Waals surface area contributed by atoms with Gasteiger partial charge < -0.3 is 15.4 Å². The first kappa shape index (κ1) is 20.3. The van der Waals surface area contributed by atoms with Crippen LogP contribution in [-0.4, -0.2) is 35.4 Å². The van der Waals surface area contributed by atoms with E-state index in [1.54, 1.807) is 31.4 Å². The minimum atomic E-state index is -0.165. The zero-order valence-electron chi connectivity index (χ0n) is 15.3. The normalized spacial score (nSPS) is 11.1. The predicted molar refractivity (Wildman–Crippen MR) is 108 cm³/mol. The minimum absolute atomic E-state index is 0.0478. The Labute approximate surface area is 161 Å². The van der Waals surface area contributed by atoms with Crippen LogP contribution in [0, 0.1) is 0 Å². The third-order valence-corrected chi connectivity index (χ3v) is 5.05. The molecule has 26 heavy (non-hydrogen) atoms. The van der Waals surface area contributed by atoms with Crippen molar-refractivity contribution in [3.8, 4) is 5.75 Å². The molecule has 0 saturated carbocycles. The number of carbonyl (C=O) groups is 2. The third-order valence-electron chi connectivity index (χ3n) is 3.36. The van der Waals surface area contributed by atoms with E-state index in [9.17, 15) is 9.59 Å². The molecule has 0 bridgehead atoms. The van der Waals surface area contributed by atoms with Crippen molar-refractivity contribution in [3.63, 3.8) is 0 Å². The number of rotatable bonds is 7. The van der Waals surface area contributed by atoms with Gasteiger partial charge in [-0.3, -0.25) is 9.59 Å². The van der Waals surface area contributed by atoms with Gasteiger partial charge >= 0.3 is 0 Å². The molecule has 0 radical (unpaired) electrons. The van der Waals surface area contributed by atoms with Crippen LogP contribution in [0.2, 0.25) is 0 Å². The van der Waals surface area contributed by atoms with Crippen LogP contribution in [0.1, 0.15) is 26.5 Å². The van der Waals surface area contributed by atoms with Crippen molar-refractivity contribution < 1.29 is 14.3 Å². The molecule has 0 aliphatic rings. The molecule has 0 aliphatic carbocycles. The van der Waals surface area contributed by atoms with Gasteiger partial charge in [-0.2, -0.15) is 0 Å². The molecule has 2 aromatic rings. The Morgan fingerprint density at radius 1 is 1.12 bits per heavy atom. The van der Waals surface area contributed by atoms with Crippen molar-refractivity contribution in [2.24, 2.45) is 0 Å². The van der Waals surface area contributed by atoms with Gasteiger partial charge in [0, 0.05) is 16.5 Å². The van der Waals surface area contributed by atoms with Gasteiger partial charge in [-0.1, -0.05) is 20.8 Å². The van der Waals surface area contributed by atoms with Crippen LogP contribution in [0.4, 0.5) is 10.8 Å². The number of benzene rings is 1. The summed E-state index contributed by atoms with van der Waals surface area (Å²) in [6, 6.07) is 7.08. The summed E-state index contributed by atoms with van der Waals surface area (Å²) >= 11 is 2.66. The SMILES string of the molecule is COc1ccc(NC(=O)CSCC(=O)Nc2nc(C(C)(C)C)cs2)cc1. The van der Waals surface area contributed by atoms with E-state index in [1.807, 2.05) is 5.38 Å². The number of nitrogens with one attached hydrogen (secondary N) is 2. The Bertz CT molecular complexity index is 752. The third kappa shape index (κ3) is 6.34. The molecular formula is C18H23N3O3S2. The first-order valence-electron chi connectivity index (χ1n) is 8.05. The number of nitrogens with zero attached hydrogens (tertiary/aromatic N) is 1. The number of hydrogen-bond acceptors (Lipinski definition) is 6. The molecule has 6 nitrogen and oxygen atoms in total. The Morgan fingerprint density at radius 2 is 1.73 bits per heavy atom. The van der Waals surface area contributed by atoms with Crippen molar-refractivity contribution in [2.45, 2.75) is 26.2 Å². The molecular weight excluding hydrogens is 370 g/mol. The van der Waals surface area contributed by atoms with Crippen molar-refractivity contribution in [3.05, 3.63) is 35.3 Å². The number of hydrogen-bond donors (Lipinski definition) is 2. The number of anilines is 2. The molecule has 0 fully saturated rings. The lowest BCUT2D eigenvalue weighted by Gasteiger charge is -2.14. The molecule has 2 rings (SSSR count). The van der Waals surface area contributed by atoms with Crippen molar-refractivity contribution >= 4 is 45.7 Å². The highest BCUT2D eigenvalue weighted by molar-refractivity contribution is 8.00. The topological polar surface area (TPSA) is 80.3 Å². The van der Waals surface area contributed by atoms with E-state index in [2.05, 4.69) is 36.4 Å². The Morgan fingerprint density at radius 3 is 2.27 bits per heavy atom. The van der Waals surface area contributed by atoms with Gasteiger partial charge in [-0.15, -0.1) is 23.1 Å². The van der Waals surface area contributed by atoms with Crippen LogP contribution in [0.15, 0.2) is 29.6 Å². The average Bonchev–Trinajstić information content (AvgIpc) is 3.04. The lowest BCUT2D eigenvalue weighted by Crippen LogP contribution is -2.18. The fraction of sp³-hybridized carbons (Fsp3) is 0.389. The standard InChI is InChI=1S/C18H23N3O3S2/c1-18(2,3)14-9-26-17(20-14)21-16(23)11-25-10-15(22)19-12-5-7-13(24-4)8-6-12/h5-9H,10-11H2,1-4H3,(H,19,22)(H,20,21,23). The van der Waals surface area contributed by atoms with Gasteiger partial charge in [0.25, 0.3) is 0 Å². The summed E-state index contributed by atoms with van der Waals surface area (Å²) < 4.78 is 5.07. The van der Waals surface area contributed by atoms with Crippen LogP contribution < -0.4 is 15.4 Å². The largest absolute Gasteiger partial charge is 0.497 e. The molecule has 0 aliphatic heterocycles. The summed E-state index contributed by atoms with van der Waals surface area (Å²) in [5.74, 6) is 0.801. The van der Waals surface area contributed by atoms with E-state index >= 15 is 0 Å². The Hall–Kier alpha value is -2.06. The molecule has 2 amide bonds. The quantitative estimate of drug-likeness (QED) is 0.749.